The van der Waals surface area contributed by atoms with Crippen LogP contribution in [0.4, 0.5) is 0 Å². The third-order valence-corrected chi connectivity index (χ3v) is 4.07. The molecule has 0 radical (unpaired) electrons. The summed E-state index contributed by atoms with van der Waals surface area (Å²) in [6, 6.07) is 10.8. The van der Waals surface area contributed by atoms with E-state index in [-0.39, 0.29) is 5.79 Å². The van der Waals surface area contributed by atoms with Crippen LogP contribution in [0.3, 0.4) is 0 Å². The van der Waals surface area contributed by atoms with Crippen molar-refractivity contribution in [3.63, 3.8) is 0 Å². The molecule has 1 fully saturated rings. The monoisotopic (exact) mass is 244 g/mol. The van der Waals surface area contributed by atoms with Crippen molar-refractivity contribution in [2.75, 3.05) is 13.2 Å². The van der Waals surface area contributed by atoms with Crippen molar-refractivity contribution >= 4 is 0 Å². The second-order valence-electron chi connectivity index (χ2n) is 5.19. The fraction of sp³-hybridized carbons (Fsp3) is 0.500. The van der Waals surface area contributed by atoms with Gasteiger partial charge in [0, 0.05) is 12.8 Å². The molecular formula is C16H20O2. The fourth-order valence-electron chi connectivity index (χ4n) is 2.98. The van der Waals surface area contributed by atoms with E-state index in [4.69, 9.17) is 9.47 Å². The first kappa shape index (κ1) is 11.9. The standard InChI is InChI=1S/C16H20O2/c1-2-6-14(7-3-1)15-8-10-16(11-9-15)17-12-4-5-13-18-16/h1-7,15H,8-13H2. The van der Waals surface area contributed by atoms with Gasteiger partial charge in [-0.3, -0.25) is 0 Å². The van der Waals surface area contributed by atoms with E-state index < -0.39 is 0 Å². The summed E-state index contributed by atoms with van der Waals surface area (Å²) in [5.74, 6) is 0.356. The third kappa shape index (κ3) is 2.50. The lowest BCUT2D eigenvalue weighted by Crippen LogP contribution is -2.39. The maximum absolute atomic E-state index is 5.91. The molecule has 96 valence electrons. The molecule has 18 heavy (non-hydrogen) atoms. The molecule has 0 unspecified atom stereocenters. The van der Waals surface area contributed by atoms with Crippen molar-refractivity contribution in [2.45, 2.75) is 37.4 Å². The molecule has 0 amide bonds. The van der Waals surface area contributed by atoms with Gasteiger partial charge in [0.25, 0.3) is 0 Å². The van der Waals surface area contributed by atoms with Gasteiger partial charge in [-0.2, -0.15) is 0 Å². The molecule has 1 aromatic carbocycles. The Morgan fingerprint density at radius 1 is 0.889 bits per heavy atom. The highest BCUT2D eigenvalue weighted by Gasteiger charge is 2.37. The molecule has 1 aliphatic heterocycles. The Bertz CT molecular complexity index is 390. The first-order chi connectivity index (χ1) is 8.88. The predicted octanol–water partition coefficient (Wildman–Crippen LogP) is 3.64. The zero-order valence-electron chi connectivity index (χ0n) is 10.7. The van der Waals surface area contributed by atoms with Crippen molar-refractivity contribution < 1.29 is 9.47 Å². The number of hydrogen-bond donors (Lipinski definition) is 0. The van der Waals surface area contributed by atoms with E-state index in [2.05, 4.69) is 42.5 Å². The van der Waals surface area contributed by atoms with E-state index in [1.807, 2.05) is 0 Å². The van der Waals surface area contributed by atoms with E-state index in [0.717, 1.165) is 25.7 Å². The van der Waals surface area contributed by atoms with Crippen molar-refractivity contribution in [1.82, 2.24) is 0 Å². The van der Waals surface area contributed by atoms with Crippen LogP contribution in [-0.4, -0.2) is 19.0 Å². The van der Waals surface area contributed by atoms with Crippen LogP contribution in [0.15, 0.2) is 42.5 Å². The molecule has 2 aliphatic rings. The highest BCUT2D eigenvalue weighted by Crippen LogP contribution is 2.40. The summed E-state index contributed by atoms with van der Waals surface area (Å²) in [7, 11) is 0. The van der Waals surface area contributed by atoms with Crippen molar-refractivity contribution in [3.05, 3.63) is 48.0 Å². The lowest BCUT2D eigenvalue weighted by Gasteiger charge is -2.38. The lowest BCUT2D eigenvalue weighted by atomic mass is 9.81. The molecule has 1 aliphatic carbocycles. The number of rotatable bonds is 1. The number of hydrogen-bond acceptors (Lipinski definition) is 2. The van der Waals surface area contributed by atoms with Gasteiger partial charge < -0.3 is 9.47 Å². The average molecular weight is 244 g/mol. The number of ether oxygens (including phenoxy) is 2. The minimum absolute atomic E-state index is 0.311. The van der Waals surface area contributed by atoms with E-state index in [1.54, 1.807) is 0 Å². The van der Waals surface area contributed by atoms with Gasteiger partial charge in [-0.15, -0.1) is 0 Å². The largest absolute Gasteiger partial charge is 0.346 e. The van der Waals surface area contributed by atoms with E-state index >= 15 is 0 Å². The van der Waals surface area contributed by atoms with Crippen LogP contribution in [0.25, 0.3) is 0 Å². The van der Waals surface area contributed by atoms with Gasteiger partial charge in [0.2, 0.25) is 0 Å². The minimum atomic E-state index is -0.311. The van der Waals surface area contributed by atoms with Gasteiger partial charge in [0.1, 0.15) is 0 Å². The zero-order chi connectivity index (χ0) is 12.3. The Labute approximate surface area is 109 Å². The molecule has 1 heterocycles. The summed E-state index contributed by atoms with van der Waals surface area (Å²) in [6.45, 7) is 1.38. The molecule has 2 nitrogen and oxygen atoms in total. The second kappa shape index (κ2) is 5.25. The Morgan fingerprint density at radius 2 is 1.50 bits per heavy atom. The van der Waals surface area contributed by atoms with Crippen LogP contribution in [-0.2, 0) is 9.47 Å². The molecule has 1 spiro atoms. The predicted molar refractivity (Wildman–Crippen MR) is 71.4 cm³/mol. The molecule has 1 aromatic rings. The highest BCUT2D eigenvalue weighted by molar-refractivity contribution is 5.20. The van der Waals surface area contributed by atoms with Crippen LogP contribution >= 0.6 is 0 Å². The van der Waals surface area contributed by atoms with Crippen molar-refractivity contribution in [2.24, 2.45) is 0 Å². The van der Waals surface area contributed by atoms with Crippen molar-refractivity contribution in [3.8, 4) is 0 Å². The smallest absolute Gasteiger partial charge is 0.169 e. The molecular weight excluding hydrogens is 224 g/mol. The summed E-state index contributed by atoms with van der Waals surface area (Å²) < 4.78 is 11.8. The lowest BCUT2D eigenvalue weighted by molar-refractivity contribution is -0.239. The maximum atomic E-state index is 5.91. The van der Waals surface area contributed by atoms with Crippen LogP contribution in [0.1, 0.15) is 37.2 Å². The Balaban J connectivity index is 1.64. The summed E-state index contributed by atoms with van der Waals surface area (Å²) in [5, 5.41) is 0. The fourth-order valence-corrected chi connectivity index (χ4v) is 2.98. The number of benzene rings is 1. The van der Waals surface area contributed by atoms with Gasteiger partial charge in [-0.1, -0.05) is 42.5 Å². The van der Waals surface area contributed by atoms with Gasteiger partial charge in [-0.25, -0.2) is 0 Å². The van der Waals surface area contributed by atoms with E-state index in [1.165, 1.54) is 5.56 Å². The highest BCUT2D eigenvalue weighted by atomic mass is 16.7. The van der Waals surface area contributed by atoms with Crippen LogP contribution in [0.2, 0.25) is 0 Å². The third-order valence-electron chi connectivity index (χ3n) is 4.07. The first-order valence-corrected chi connectivity index (χ1v) is 6.86. The van der Waals surface area contributed by atoms with E-state index in [0.29, 0.717) is 19.1 Å². The molecule has 0 bridgehead atoms. The topological polar surface area (TPSA) is 18.5 Å². The molecule has 0 atom stereocenters. The Morgan fingerprint density at radius 3 is 2.11 bits per heavy atom. The Hall–Kier alpha value is -1.12. The van der Waals surface area contributed by atoms with E-state index in [9.17, 15) is 0 Å². The van der Waals surface area contributed by atoms with Crippen LogP contribution in [0.5, 0.6) is 0 Å². The van der Waals surface area contributed by atoms with Crippen LogP contribution in [0, 0.1) is 0 Å². The summed E-state index contributed by atoms with van der Waals surface area (Å²) >= 11 is 0. The summed E-state index contributed by atoms with van der Waals surface area (Å²) in [5.41, 5.74) is 1.46. The molecule has 2 heteroatoms. The Kier molecular flexibility index (Phi) is 3.48. The summed E-state index contributed by atoms with van der Waals surface area (Å²) in [4.78, 5) is 0. The zero-order valence-corrected chi connectivity index (χ0v) is 10.7. The molecule has 0 saturated heterocycles. The van der Waals surface area contributed by atoms with Crippen LogP contribution < -0.4 is 0 Å². The molecule has 3 rings (SSSR count). The molecule has 0 aromatic heterocycles. The van der Waals surface area contributed by atoms with Gasteiger partial charge in [-0.05, 0) is 24.3 Å². The summed E-state index contributed by atoms with van der Waals surface area (Å²) in [6.07, 6.45) is 8.44. The van der Waals surface area contributed by atoms with Gasteiger partial charge >= 0.3 is 0 Å². The minimum Gasteiger partial charge on any atom is -0.346 e. The van der Waals surface area contributed by atoms with Crippen molar-refractivity contribution in [1.29, 1.82) is 0 Å². The second-order valence-corrected chi connectivity index (χ2v) is 5.19. The van der Waals surface area contributed by atoms with Gasteiger partial charge in [0.05, 0.1) is 13.2 Å². The van der Waals surface area contributed by atoms with Gasteiger partial charge in [0.15, 0.2) is 5.79 Å². The molecule has 1 saturated carbocycles. The normalized spacial score (nSPS) is 24.0. The molecule has 0 N–H and O–H groups in total. The average Bonchev–Trinajstić information content (AvgIpc) is 2.67. The quantitative estimate of drug-likeness (QED) is 0.702. The SMILES string of the molecule is C1=CCOC2(CCC(c3ccccc3)CC2)OC1. The first-order valence-electron chi connectivity index (χ1n) is 6.86. The maximum Gasteiger partial charge on any atom is 0.169 e.